The van der Waals surface area contributed by atoms with Crippen LogP contribution in [0.5, 0.6) is 6.01 Å². The Balaban J connectivity index is 1.69. The molecule has 1 atom stereocenters. The zero-order valence-corrected chi connectivity index (χ0v) is 14.6. The normalized spacial score (nSPS) is 13.0. The van der Waals surface area contributed by atoms with E-state index in [0.29, 0.717) is 25.0 Å². The van der Waals surface area contributed by atoms with Crippen LogP contribution in [-0.4, -0.2) is 45.7 Å². The SMILES string of the molecule is CC(=O)NCC(O)CNc1ccc2c(c1)COc1nc(NC(C)=O)cn1-2. The quantitative estimate of drug-likeness (QED) is 0.601. The molecule has 0 radical (unpaired) electrons. The van der Waals surface area contributed by atoms with Crippen LogP contribution in [0.2, 0.25) is 0 Å². The zero-order chi connectivity index (χ0) is 18.7. The Labute approximate surface area is 150 Å². The number of aromatic nitrogens is 2. The van der Waals surface area contributed by atoms with E-state index in [1.165, 1.54) is 13.8 Å². The number of aliphatic hydroxyl groups excluding tert-OH is 1. The number of benzene rings is 1. The van der Waals surface area contributed by atoms with Crippen LogP contribution >= 0.6 is 0 Å². The van der Waals surface area contributed by atoms with Crippen LogP contribution in [0, 0.1) is 0 Å². The fourth-order valence-corrected chi connectivity index (χ4v) is 2.64. The van der Waals surface area contributed by atoms with Crippen molar-refractivity contribution in [3.05, 3.63) is 30.0 Å². The summed E-state index contributed by atoms with van der Waals surface area (Å²) in [6, 6.07) is 6.16. The molecule has 0 saturated heterocycles. The van der Waals surface area contributed by atoms with E-state index >= 15 is 0 Å². The molecule has 0 spiro atoms. The van der Waals surface area contributed by atoms with Crippen molar-refractivity contribution in [1.82, 2.24) is 14.9 Å². The maximum Gasteiger partial charge on any atom is 0.303 e. The lowest BCUT2D eigenvalue weighted by molar-refractivity contribution is -0.119. The largest absolute Gasteiger partial charge is 0.459 e. The van der Waals surface area contributed by atoms with E-state index in [0.717, 1.165) is 16.9 Å². The summed E-state index contributed by atoms with van der Waals surface area (Å²) < 4.78 is 7.41. The lowest BCUT2D eigenvalue weighted by Gasteiger charge is -2.20. The van der Waals surface area contributed by atoms with E-state index < -0.39 is 6.10 Å². The monoisotopic (exact) mass is 359 g/mol. The van der Waals surface area contributed by atoms with Crippen molar-refractivity contribution in [2.75, 3.05) is 23.7 Å². The van der Waals surface area contributed by atoms with Gasteiger partial charge in [-0.1, -0.05) is 0 Å². The second-order valence-corrected chi connectivity index (χ2v) is 6.06. The molecule has 0 bridgehead atoms. The van der Waals surface area contributed by atoms with Crippen molar-refractivity contribution in [1.29, 1.82) is 0 Å². The van der Waals surface area contributed by atoms with Crippen LogP contribution in [0.25, 0.3) is 5.69 Å². The van der Waals surface area contributed by atoms with Gasteiger partial charge < -0.3 is 25.8 Å². The fraction of sp³-hybridized carbons (Fsp3) is 0.353. The summed E-state index contributed by atoms with van der Waals surface area (Å²) in [5.74, 6) is 0.0615. The number of carbonyl (C=O) groups is 2. The van der Waals surface area contributed by atoms with Gasteiger partial charge in [0.05, 0.1) is 18.0 Å². The number of hydrogen-bond acceptors (Lipinski definition) is 6. The summed E-state index contributed by atoms with van der Waals surface area (Å²) in [6.45, 7) is 3.69. The Morgan fingerprint density at radius 3 is 2.85 bits per heavy atom. The minimum absolute atomic E-state index is 0.176. The van der Waals surface area contributed by atoms with Gasteiger partial charge in [0.2, 0.25) is 11.8 Å². The van der Waals surface area contributed by atoms with Crippen molar-refractivity contribution in [3.8, 4) is 11.7 Å². The van der Waals surface area contributed by atoms with Crippen LogP contribution in [0.4, 0.5) is 11.5 Å². The van der Waals surface area contributed by atoms with Crippen LogP contribution in [0.15, 0.2) is 24.4 Å². The van der Waals surface area contributed by atoms with Gasteiger partial charge in [0.25, 0.3) is 0 Å². The molecule has 138 valence electrons. The van der Waals surface area contributed by atoms with Crippen LogP contribution < -0.4 is 20.7 Å². The Kier molecular flexibility index (Phi) is 5.08. The number of ether oxygens (including phenoxy) is 1. The predicted octanol–water partition coefficient (Wildman–Crippen LogP) is 0.632. The van der Waals surface area contributed by atoms with Gasteiger partial charge >= 0.3 is 6.01 Å². The average molecular weight is 359 g/mol. The summed E-state index contributed by atoms with van der Waals surface area (Å²) in [4.78, 5) is 26.3. The third-order valence-electron chi connectivity index (χ3n) is 3.80. The van der Waals surface area contributed by atoms with Crippen molar-refractivity contribution in [3.63, 3.8) is 0 Å². The molecule has 1 aliphatic heterocycles. The Hall–Kier alpha value is -3.07. The Bertz CT molecular complexity index is 833. The first kappa shape index (κ1) is 17.7. The topological polar surface area (TPSA) is 118 Å². The molecule has 2 aromatic rings. The highest BCUT2D eigenvalue weighted by Crippen LogP contribution is 2.31. The van der Waals surface area contributed by atoms with E-state index in [1.807, 2.05) is 18.2 Å². The predicted molar refractivity (Wildman–Crippen MR) is 95.4 cm³/mol. The lowest BCUT2D eigenvalue weighted by Crippen LogP contribution is -2.34. The van der Waals surface area contributed by atoms with E-state index in [1.54, 1.807) is 10.8 Å². The number of rotatable bonds is 6. The van der Waals surface area contributed by atoms with Crippen LogP contribution in [0.3, 0.4) is 0 Å². The molecule has 2 heterocycles. The third kappa shape index (κ3) is 4.12. The molecule has 1 aromatic carbocycles. The highest BCUT2D eigenvalue weighted by molar-refractivity contribution is 5.87. The summed E-state index contributed by atoms with van der Waals surface area (Å²) in [7, 11) is 0. The number of anilines is 2. The smallest absolute Gasteiger partial charge is 0.303 e. The number of amides is 2. The Morgan fingerprint density at radius 1 is 1.31 bits per heavy atom. The summed E-state index contributed by atoms with van der Waals surface area (Å²) >= 11 is 0. The van der Waals surface area contributed by atoms with E-state index in [2.05, 4.69) is 20.9 Å². The molecule has 0 saturated carbocycles. The number of fused-ring (bicyclic) bond motifs is 3. The molecule has 26 heavy (non-hydrogen) atoms. The van der Waals surface area contributed by atoms with Gasteiger partial charge in [-0.2, -0.15) is 4.98 Å². The summed E-state index contributed by atoms with van der Waals surface area (Å²) in [6.07, 6.45) is 1.02. The lowest BCUT2D eigenvalue weighted by atomic mass is 10.1. The van der Waals surface area contributed by atoms with Gasteiger partial charge in [0.1, 0.15) is 6.61 Å². The molecule has 0 fully saturated rings. The standard InChI is InChI=1S/C17H21N5O4/c1-10(23)18-6-14(25)7-19-13-3-4-15-12(5-13)9-26-17-21-16(8-22(15)17)20-11(2)24/h3-5,8,14,19,25H,6-7,9H2,1-2H3,(H,18,23)(H,20,24). The van der Waals surface area contributed by atoms with Gasteiger partial charge in [-0.25, -0.2) is 0 Å². The van der Waals surface area contributed by atoms with E-state index in [9.17, 15) is 14.7 Å². The maximum atomic E-state index is 11.2. The molecule has 0 aliphatic carbocycles. The highest BCUT2D eigenvalue weighted by atomic mass is 16.5. The Morgan fingerprint density at radius 2 is 2.12 bits per heavy atom. The number of nitrogens with zero attached hydrogens (tertiary/aromatic N) is 2. The van der Waals surface area contributed by atoms with Gasteiger partial charge in [-0.15, -0.1) is 0 Å². The van der Waals surface area contributed by atoms with Crippen molar-refractivity contribution in [2.45, 2.75) is 26.6 Å². The van der Waals surface area contributed by atoms with Crippen molar-refractivity contribution in [2.24, 2.45) is 0 Å². The number of imidazole rings is 1. The van der Waals surface area contributed by atoms with E-state index in [4.69, 9.17) is 4.74 Å². The first-order chi connectivity index (χ1) is 12.4. The molecule has 3 rings (SSSR count). The second-order valence-electron chi connectivity index (χ2n) is 6.06. The van der Waals surface area contributed by atoms with Crippen molar-refractivity contribution >= 4 is 23.3 Å². The highest BCUT2D eigenvalue weighted by Gasteiger charge is 2.20. The van der Waals surface area contributed by atoms with Gasteiger partial charge in [-0.05, 0) is 18.2 Å². The molecule has 1 aromatic heterocycles. The zero-order valence-electron chi connectivity index (χ0n) is 14.6. The summed E-state index contributed by atoms with van der Waals surface area (Å²) in [5, 5.41) is 18.2. The van der Waals surface area contributed by atoms with Gasteiger partial charge in [-0.3, -0.25) is 14.2 Å². The number of carbonyl (C=O) groups excluding carboxylic acids is 2. The van der Waals surface area contributed by atoms with Crippen molar-refractivity contribution < 1.29 is 19.4 Å². The first-order valence-corrected chi connectivity index (χ1v) is 8.22. The van der Waals surface area contributed by atoms with Gasteiger partial charge in [0.15, 0.2) is 5.82 Å². The number of hydrogen-bond donors (Lipinski definition) is 4. The van der Waals surface area contributed by atoms with Gasteiger partial charge in [0, 0.05) is 38.2 Å². The van der Waals surface area contributed by atoms with Crippen LogP contribution in [-0.2, 0) is 16.2 Å². The number of nitrogens with one attached hydrogen (secondary N) is 3. The molecule has 1 aliphatic rings. The minimum Gasteiger partial charge on any atom is -0.459 e. The molecule has 4 N–H and O–H groups in total. The van der Waals surface area contributed by atoms with Crippen LogP contribution in [0.1, 0.15) is 19.4 Å². The third-order valence-corrected chi connectivity index (χ3v) is 3.80. The number of aliphatic hydroxyl groups is 1. The first-order valence-electron chi connectivity index (χ1n) is 8.22. The van der Waals surface area contributed by atoms with E-state index in [-0.39, 0.29) is 18.4 Å². The maximum absolute atomic E-state index is 11.2. The molecular formula is C17H21N5O4. The molecule has 9 heteroatoms. The minimum atomic E-state index is -0.688. The molecule has 1 unspecified atom stereocenters. The molecular weight excluding hydrogens is 338 g/mol. The summed E-state index contributed by atoms with van der Waals surface area (Å²) in [5.41, 5.74) is 2.70. The fourth-order valence-electron chi connectivity index (χ4n) is 2.64. The molecule has 2 amide bonds. The second kappa shape index (κ2) is 7.44. The average Bonchev–Trinajstić information content (AvgIpc) is 2.99. The molecule has 9 nitrogen and oxygen atoms in total.